The largest absolute Gasteiger partial charge is 0.382 e. The van der Waals surface area contributed by atoms with Crippen LogP contribution in [0.25, 0.3) is 0 Å². The van der Waals surface area contributed by atoms with Gasteiger partial charge in [-0.05, 0) is 20.3 Å². The van der Waals surface area contributed by atoms with E-state index in [2.05, 4.69) is 18.8 Å². The summed E-state index contributed by atoms with van der Waals surface area (Å²) in [7, 11) is 1.67. The van der Waals surface area contributed by atoms with Crippen LogP contribution in [0.2, 0.25) is 0 Å². The second-order valence-corrected chi connectivity index (χ2v) is 3.37. The zero-order valence-electron chi connectivity index (χ0n) is 10.7. The predicted molar refractivity (Wildman–Crippen MR) is 66.7 cm³/mol. The number of ether oxygens (including phenoxy) is 2. The second-order valence-electron chi connectivity index (χ2n) is 3.37. The van der Waals surface area contributed by atoms with E-state index in [0.717, 1.165) is 26.1 Å². The number of hydrogen-bond donors (Lipinski definition) is 1. The highest BCUT2D eigenvalue weighted by Gasteiger charge is 2.00. The molecule has 0 aromatic heterocycles. The van der Waals surface area contributed by atoms with Crippen molar-refractivity contribution in [1.82, 2.24) is 4.90 Å². The van der Waals surface area contributed by atoms with Crippen LogP contribution in [0.3, 0.4) is 0 Å². The second kappa shape index (κ2) is 10.7. The zero-order chi connectivity index (χ0) is 12.2. The van der Waals surface area contributed by atoms with Gasteiger partial charge in [-0.2, -0.15) is 0 Å². The Morgan fingerprint density at radius 3 is 2.44 bits per heavy atom. The van der Waals surface area contributed by atoms with Crippen LogP contribution in [0.1, 0.15) is 20.3 Å². The molecular formula is C11H25N3O2. The maximum absolute atomic E-state index is 5.82. The first-order chi connectivity index (χ1) is 7.76. The van der Waals surface area contributed by atoms with Crippen LogP contribution in [-0.4, -0.2) is 57.4 Å². The van der Waals surface area contributed by atoms with Crippen LogP contribution < -0.4 is 5.73 Å². The van der Waals surface area contributed by atoms with Gasteiger partial charge in [-0.15, -0.1) is 0 Å². The minimum Gasteiger partial charge on any atom is -0.382 e. The highest BCUT2D eigenvalue weighted by Crippen LogP contribution is 1.89. The van der Waals surface area contributed by atoms with Gasteiger partial charge < -0.3 is 20.1 Å². The number of nitrogens with zero attached hydrogens (tertiary/aromatic N) is 2. The number of methoxy groups -OCH3 is 1. The summed E-state index contributed by atoms with van der Waals surface area (Å²) in [6, 6.07) is 0. The molecule has 0 aromatic carbocycles. The maximum Gasteiger partial charge on any atom is 0.191 e. The number of aliphatic imine (C=N–C) groups is 1. The van der Waals surface area contributed by atoms with Crippen molar-refractivity contribution in [1.29, 1.82) is 0 Å². The lowest BCUT2D eigenvalue weighted by atomic mass is 10.4. The highest BCUT2D eigenvalue weighted by molar-refractivity contribution is 5.77. The van der Waals surface area contributed by atoms with Crippen molar-refractivity contribution in [2.75, 3.05) is 46.6 Å². The van der Waals surface area contributed by atoms with Gasteiger partial charge in [0.15, 0.2) is 5.96 Å². The van der Waals surface area contributed by atoms with Crippen molar-refractivity contribution >= 4 is 5.96 Å². The van der Waals surface area contributed by atoms with Crippen molar-refractivity contribution in [3.8, 4) is 0 Å². The zero-order valence-corrected chi connectivity index (χ0v) is 10.7. The molecule has 0 aromatic rings. The molecular weight excluding hydrogens is 206 g/mol. The number of hydrogen-bond acceptors (Lipinski definition) is 3. The van der Waals surface area contributed by atoms with Crippen LogP contribution >= 0.6 is 0 Å². The van der Waals surface area contributed by atoms with E-state index in [0.29, 0.717) is 25.8 Å². The Kier molecular flexibility index (Phi) is 10.2. The Morgan fingerprint density at radius 2 is 1.88 bits per heavy atom. The third-order valence-electron chi connectivity index (χ3n) is 2.24. The topological polar surface area (TPSA) is 60.1 Å². The minimum atomic E-state index is 0.627. The molecule has 0 amide bonds. The van der Waals surface area contributed by atoms with Gasteiger partial charge in [-0.25, -0.2) is 0 Å². The van der Waals surface area contributed by atoms with Gasteiger partial charge in [-0.1, -0.05) is 0 Å². The third-order valence-corrected chi connectivity index (χ3v) is 2.24. The van der Waals surface area contributed by atoms with Crippen molar-refractivity contribution < 1.29 is 9.47 Å². The molecule has 0 aliphatic carbocycles. The summed E-state index contributed by atoms with van der Waals surface area (Å²) in [6.07, 6.45) is 0.895. The molecule has 0 spiro atoms. The Hall–Kier alpha value is -0.810. The Balaban J connectivity index is 3.51. The van der Waals surface area contributed by atoms with Crippen LogP contribution in [0.15, 0.2) is 4.99 Å². The molecule has 0 unspecified atom stereocenters. The van der Waals surface area contributed by atoms with Gasteiger partial charge >= 0.3 is 0 Å². The first kappa shape index (κ1) is 15.2. The lowest BCUT2D eigenvalue weighted by Gasteiger charge is -2.19. The molecule has 0 bridgehead atoms. The predicted octanol–water partition coefficient (Wildman–Crippen LogP) is 0.696. The smallest absolute Gasteiger partial charge is 0.191 e. The van der Waals surface area contributed by atoms with Gasteiger partial charge in [0.1, 0.15) is 0 Å². The van der Waals surface area contributed by atoms with Crippen molar-refractivity contribution in [3.63, 3.8) is 0 Å². The van der Waals surface area contributed by atoms with Crippen molar-refractivity contribution in [3.05, 3.63) is 0 Å². The third kappa shape index (κ3) is 7.48. The SMILES string of the molecule is CCN(CC)C(N)=NCCCOCCOC. The summed E-state index contributed by atoms with van der Waals surface area (Å²) in [5, 5.41) is 0. The normalized spacial score (nSPS) is 11.8. The molecule has 5 heteroatoms. The first-order valence-electron chi connectivity index (χ1n) is 5.87. The fraction of sp³-hybridized carbons (Fsp3) is 0.909. The average molecular weight is 231 g/mol. The number of nitrogens with two attached hydrogens (primary N) is 1. The number of rotatable bonds is 9. The monoisotopic (exact) mass is 231 g/mol. The van der Waals surface area contributed by atoms with Crippen LogP contribution in [0, 0.1) is 0 Å². The Morgan fingerprint density at radius 1 is 1.19 bits per heavy atom. The van der Waals surface area contributed by atoms with Gasteiger partial charge in [0.2, 0.25) is 0 Å². The summed E-state index contributed by atoms with van der Waals surface area (Å²) >= 11 is 0. The van der Waals surface area contributed by atoms with E-state index in [9.17, 15) is 0 Å². The lowest BCUT2D eigenvalue weighted by Crippen LogP contribution is -2.37. The highest BCUT2D eigenvalue weighted by atomic mass is 16.5. The average Bonchev–Trinajstić information content (AvgIpc) is 2.29. The molecule has 2 N–H and O–H groups in total. The van der Waals surface area contributed by atoms with Crippen LogP contribution in [0.5, 0.6) is 0 Å². The van der Waals surface area contributed by atoms with E-state index >= 15 is 0 Å². The molecule has 0 saturated heterocycles. The summed E-state index contributed by atoms with van der Waals surface area (Å²) in [5.74, 6) is 0.627. The van der Waals surface area contributed by atoms with Gasteiger partial charge in [0.25, 0.3) is 0 Å². The Labute approximate surface area is 98.6 Å². The molecule has 0 rings (SSSR count). The maximum atomic E-state index is 5.82. The van der Waals surface area contributed by atoms with E-state index < -0.39 is 0 Å². The first-order valence-corrected chi connectivity index (χ1v) is 5.87. The lowest BCUT2D eigenvalue weighted by molar-refractivity contribution is 0.0702. The molecule has 0 aliphatic rings. The summed E-state index contributed by atoms with van der Waals surface area (Å²) in [4.78, 5) is 6.33. The minimum absolute atomic E-state index is 0.627. The summed E-state index contributed by atoms with van der Waals surface area (Å²) < 4.78 is 10.2. The summed E-state index contributed by atoms with van der Waals surface area (Å²) in [5.41, 5.74) is 5.82. The molecule has 96 valence electrons. The van der Waals surface area contributed by atoms with Gasteiger partial charge in [0.05, 0.1) is 13.2 Å². The molecule has 0 radical (unpaired) electrons. The fourth-order valence-electron chi connectivity index (χ4n) is 1.25. The van der Waals surface area contributed by atoms with E-state index in [1.54, 1.807) is 7.11 Å². The molecule has 0 heterocycles. The van der Waals surface area contributed by atoms with Crippen molar-refractivity contribution in [2.45, 2.75) is 20.3 Å². The molecule has 0 saturated carbocycles. The molecule has 0 fully saturated rings. The van der Waals surface area contributed by atoms with Crippen molar-refractivity contribution in [2.24, 2.45) is 10.7 Å². The molecule has 0 aliphatic heterocycles. The van der Waals surface area contributed by atoms with E-state index in [-0.39, 0.29) is 0 Å². The Bertz CT molecular complexity index is 182. The van der Waals surface area contributed by atoms with Crippen LogP contribution in [0.4, 0.5) is 0 Å². The summed E-state index contributed by atoms with van der Waals surface area (Å²) in [6.45, 7) is 8.65. The van der Waals surface area contributed by atoms with E-state index in [1.807, 2.05) is 4.90 Å². The quantitative estimate of drug-likeness (QED) is 0.360. The van der Waals surface area contributed by atoms with Gasteiger partial charge in [0, 0.05) is 33.4 Å². The standard InChI is InChI=1S/C11H25N3O2/c1-4-14(5-2)11(12)13-7-6-8-16-10-9-15-3/h4-10H2,1-3H3,(H2,12,13). The van der Waals surface area contributed by atoms with Crippen LogP contribution in [-0.2, 0) is 9.47 Å². The molecule has 16 heavy (non-hydrogen) atoms. The van der Waals surface area contributed by atoms with Gasteiger partial charge in [-0.3, -0.25) is 4.99 Å². The van der Waals surface area contributed by atoms with E-state index in [4.69, 9.17) is 15.2 Å². The number of guanidine groups is 1. The van der Waals surface area contributed by atoms with E-state index in [1.165, 1.54) is 0 Å². The molecule has 0 atom stereocenters. The fourth-order valence-corrected chi connectivity index (χ4v) is 1.25. The molecule has 5 nitrogen and oxygen atoms in total.